The predicted octanol–water partition coefficient (Wildman–Crippen LogP) is 2.98. The second-order valence-electron chi connectivity index (χ2n) is 3.85. The van der Waals surface area contributed by atoms with E-state index in [1.807, 2.05) is 48.5 Å². The average Bonchev–Trinajstić information content (AvgIpc) is 2.47. The molecule has 0 aliphatic carbocycles. The predicted molar refractivity (Wildman–Crippen MR) is 72.3 cm³/mol. The molecule has 0 aromatic heterocycles. The van der Waals surface area contributed by atoms with Gasteiger partial charge in [0.1, 0.15) is 18.1 Å². The van der Waals surface area contributed by atoms with Gasteiger partial charge in [0.15, 0.2) is 0 Å². The van der Waals surface area contributed by atoms with Gasteiger partial charge in [0, 0.05) is 12.6 Å². The number of ether oxygens (including phenoxy) is 2. The molecule has 0 saturated heterocycles. The van der Waals surface area contributed by atoms with E-state index in [0.29, 0.717) is 12.4 Å². The zero-order valence-electron chi connectivity index (χ0n) is 10.6. The zero-order valence-corrected chi connectivity index (χ0v) is 10.6. The van der Waals surface area contributed by atoms with Gasteiger partial charge in [0.2, 0.25) is 0 Å². The van der Waals surface area contributed by atoms with Crippen LogP contribution in [0.25, 0.3) is 0 Å². The maximum atomic E-state index is 11.2. The molecule has 0 unspecified atom stereocenters. The molecule has 98 valence electrons. The fraction of sp³-hybridized carbons (Fsp3) is 0.133. The van der Waals surface area contributed by atoms with Crippen LogP contribution in [0.15, 0.2) is 54.6 Å². The Balaban J connectivity index is 2.05. The summed E-state index contributed by atoms with van der Waals surface area (Å²) in [5, 5.41) is 2.41. The summed E-state index contributed by atoms with van der Waals surface area (Å²) >= 11 is 0. The Labute approximate surface area is 112 Å². The van der Waals surface area contributed by atoms with Gasteiger partial charge in [-0.1, -0.05) is 36.4 Å². The first-order valence-corrected chi connectivity index (χ1v) is 5.95. The Morgan fingerprint density at radius 2 is 1.74 bits per heavy atom. The van der Waals surface area contributed by atoms with E-state index in [2.05, 4.69) is 5.32 Å². The van der Waals surface area contributed by atoms with Gasteiger partial charge in [-0.15, -0.1) is 0 Å². The van der Waals surface area contributed by atoms with Crippen molar-refractivity contribution in [2.75, 3.05) is 7.05 Å². The Morgan fingerprint density at radius 3 is 2.47 bits per heavy atom. The molecule has 0 heterocycles. The average molecular weight is 257 g/mol. The van der Waals surface area contributed by atoms with Crippen molar-refractivity contribution in [2.45, 2.75) is 6.61 Å². The fourth-order valence-corrected chi connectivity index (χ4v) is 1.55. The van der Waals surface area contributed by atoms with Crippen LogP contribution in [0.2, 0.25) is 0 Å². The first kappa shape index (κ1) is 13.0. The maximum absolute atomic E-state index is 11.2. The van der Waals surface area contributed by atoms with Crippen molar-refractivity contribution in [2.24, 2.45) is 0 Å². The van der Waals surface area contributed by atoms with Crippen molar-refractivity contribution >= 4 is 6.09 Å². The molecular weight excluding hydrogens is 242 g/mol. The monoisotopic (exact) mass is 257 g/mol. The highest BCUT2D eigenvalue weighted by Crippen LogP contribution is 2.20. The molecule has 4 nitrogen and oxygen atoms in total. The number of nitrogens with one attached hydrogen (secondary N) is 1. The van der Waals surface area contributed by atoms with Gasteiger partial charge in [-0.25, -0.2) is 4.79 Å². The first-order valence-electron chi connectivity index (χ1n) is 5.95. The fourth-order valence-electron chi connectivity index (χ4n) is 1.55. The quantitative estimate of drug-likeness (QED) is 0.916. The van der Waals surface area contributed by atoms with Crippen molar-refractivity contribution < 1.29 is 14.3 Å². The largest absolute Gasteiger partial charge is 0.489 e. The van der Waals surface area contributed by atoms with E-state index < -0.39 is 6.09 Å². The second-order valence-corrected chi connectivity index (χ2v) is 3.85. The summed E-state index contributed by atoms with van der Waals surface area (Å²) in [5.74, 6) is 1.27. The molecule has 0 atom stereocenters. The van der Waals surface area contributed by atoms with Crippen LogP contribution in [-0.4, -0.2) is 13.1 Å². The van der Waals surface area contributed by atoms with Gasteiger partial charge >= 0.3 is 6.09 Å². The number of rotatable bonds is 4. The number of para-hydroxylation sites is 2. The molecule has 4 heteroatoms. The topological polar surface area (TPSA) is 47.6 Å². The molecule has 2 aromatic rings. The molecule has 0 radical (unpaired) electrons. The van der Waals surface area contributed by atoms with Gasteiger partial charge in [-0.2, -0.15) is 0 Å². The Bertz CT molecular complexity index is 540. The minimum atomic E-state index is -0.493. The Hall–Kier alpha value is -2.49. The summed E-state index contributed by atoms with van der Waals surface area (Å²) < 4.78 is 10.8. The van der Waals surface area contributed by atoms with Crippen molar-refractivity contribution in [3.8, 4) is 11.5 Å². The third kappa shape index (κ3) is 3.74. The van der Waals surface area contributed by atoms with Crippen molar-refractivity contribution in [1.82, 2.24) is 5.32 Å². The number of carbonyl (C=O) groups excluding carboxylic acids is 1. The van der Waals surface area contributed by atoms with E-state index >= 15 is 0 Å². The van der Waals surface area contributed by atoms with Crippen LogP contribution in [0.5, 0.6) is 11.5 Å². The molecule has 0 aliphatic rings. The van der Waals surface area contributed by atoms with Crippen LogP contribution < -0.4 is 14.8 Å². The number of hydrogen-bond acceptors (Lipinski definition) is 3. The first-order chi connectivity index (χ1) is 9.29. The van der Waals surface area contributed by atoms with E-state index in [1.54, 1.807) is 6.07 Å². The summed E-state index contributed by atoms with van der Waals surface area (Å²) in [4.78, 5) is 11.2. The van der Waals surface area contributed by atoms with Gasteiger partial charge in [0.25, 0.3) is 0 Å². The lowest BCUT2D eigenvalue weighted by atomic mass is 10.2. The van der Waals surface area contributed by atoms with E-state index in [1.165, 1.54) is 7.05 Å². The highest BCUT2D eigenvalue weighted by molar-refractivity contribution is 5.70. The van der Waals surface area contributed by atoms with Crippen LogP contribution in [0.1, 0.15) is 5.56 Å². The third-order valence-electron chi connectivity index (χ3n) is 2.52. The van der Waals surface area contributed by atoms with Gasteiger partial charge < -0.3 is 14.8 Å². The smallest absolute Gasteiger partial charge is 0.412 e. The molecule has 0 fully saturated rings. The van der Waals surface area contributed by atoms with E-state index in [-0.39, 0.29) is 0 Å². The van der Waals surface area contributed by atoms with Crippen molar-refractivity contribution in [1.29, 1.82) is 0 Å². The van der Waals surface area contributed by atoms with E-state index in [9.17, 15) is 4.79 Å². The molecule has 0 aliphatic heterocycles. The van der Waals surface area contributed by atoms with Crippen molar-refractivity contribution in [3.63, 3.8) is 0 Å². The lowest BCUT2D eigenvalue weighted by molar-refractivity contribution is 0.201. The minimum absolute atomic E-state index is 0.344. The number of carbonyl (C=O) groups is 1. The normalized spacial score (nSPS) is 9.74. The third-order valence-corrected chi connectivity index (χ3v) is 2.52. The standard InChI is InChI=1S/C15H15NO3/c1-16-15(17)19-14-10-6-5-7-12(14)11-18-13-8-3-2-4-9-13/h2-10H,11H2,1H3,(H,16,17). The molecule has 0 bridgehead atoms. The highest BCUT2D eigenvalue weighted by Gasteiger charge is 2.07. The number of amides is 1. The summed E-state index contributed by atoms with van der Waals surface area (Å²) in [6.07, 6.45) is -0.493. The molecule has 0 spiro atoms. The Kier molecular flexibility index (Phi) is 4.39. The molecule has 1 amide bonds. The lowest BCUT2D eigenvalue weighted by Crippen LogP contribution is -2.22. The van der Waals surface area contributed by atoms with Crippen LogP contribution in [0.4, 0.5) is 4.79 Å². The zero-order chi connectivity index (χ0) is 13.5. The van der Waals surface area contributed by atoms with Crippen molar-refractivity contribution in [3.05, 3.63) is 60.2 Å². The lowest BCUT2D eigenvalue weighted by Gasteiger charge is -2.10. The molecule has 1 N–H and O–H groups in total. The SMILES string of the molecule is CNC(=O)Oc1ccccc1COc1ccccc1. The highest BCUT2D eigenvalue weighted by atomic mass is 16.6. The van der Waals surface area contributed by atoms with Crippen LogP contribution in [-0.2, 0) is 6.61 Å². The maximum Gasteiger partial charge on any atom is 0.412 e. The van der Waals surface area contributed by atoms with Gasteiger partial charge in [-0.05, 0) is 18.2 Å². The Morgan fingerprint density at radius 1 is 1.05 bits per heavy atom. The molecule has 2 aromatic carbocycles. The second kappa shape index (κ2) is 6.44. The van der Waals surface area contributed by atoms with Crippen LogP contribution in [0, 0.1) is 0 Å². The van der Waals surface area contributed by atoms with E-state index in [4.69, 9.17) is 9.47 Å². The summed E-state index contributed by atoms with van der Waals surface area (Å²) in [7, 11) is 1.52. The van der Waals surface area contributed by atoms with Gasteiger partial charge in [-0.3, -0.25) is 0 Å². The molecule has 2 rings (SSSR count). The molecular formula is C15H15NO3. The van der Waals surface area contributed by atoms with Crippen LogP contribution in [0.3, 0.4) is 0 Å². The minimum Gasteiger partial charge on any atom is -0.489 e. The number of hydrogen-bond donors (Lipinski definition) is 1. The number of benzene rings is 2. The molecule has 19 heavy (non-hydrogen) atoms. The summed E-state index contributed by atoms with van der Waals surface area (Å²) in [5.41, 5.74) is 0.815. The summed E-state index contributed by atoms with van der Waals surface area (Å²) in [6, 6.07) is 16.8. The van der Waals surface area contributed by atoms with Crippen LogP contribution >= 0.6 is 0 Å². The van der Waals surface area contributed by atoms with Gasteiger partial charge in [0.05, 0.1) is 0 Å². The molecule has 0 saturated carbocycles. The summed E-state index contributed by atoms with van der Waals surface area (Å²) in [6.45, 7) is 0.344. The van der Waals surface area contributed by atoms with E-state index in [0.717, 1.165) is 11.3 Å².